The highest BCUT2D eigenvalue weighted by Crippen LogP contribution is 2.33. The molecule has 0 bridgehead atoms. The zero-order valence-electron chi connectivity index (χ0n) is 19.5. The normalized spacial score (nSPS) is 14.6. The van der Waals surface area contributed by atoms with E-state index < -0.39 is 0 Å². The molecule has 7 heteroatoms. The van der Waals surface area contributed by atoms with Crippen LogP contribution in [0.5, 0.6) is 5.75 Å². The van der Waals surface area contributed by atoms with Crippen molar-refractivity contribution in [2.24, 2.45) is 0 Å². The number of rotatable bonds is 5. The highest BCUT2D eigenvalue weighted by molar-refractivity contribution is 5.95. The minimum Gasteiger partial charge on any atom is -0.496 e. The first kappa shape index (κ1) is 22.1. The predicted octanol–water partition coefficient (Wildman–Crippen LogP) is 5.07. The van der Waals surface area contributed by atoms with Gasteiger partial charge in [-0.25, -0.2) is 4.39 Å². The van der Waals surface area contributed by atoms with Crippen LogP contribution in [0.3, 0.4) is 0 Å². The van der Waals surface area contributed by atoms with Gasteiger partial charge in [0.05, 0.1) is 13.2 Å². The standard InChI is InChI=1S/C27H27FN4O2/c1-16-12-18(8-10-29-16)21-6-5-20(14-26(21)34-3)30-27(33)17(2)32-11-9-25-23(15-32)22-13-19(28)4-7-24(22)31-25/h4-8,10,12-14,17,31H,9,11,15H2,1-3H3,(H,30,33)/t17-/m0/s1. The Morgan fingerprint density at radius 2 is 2.06 bits per heavy atom. The molecule has 6 nitrogen and oxygen atoms in total. The van der Waals surface area contributed by atoms with E-state index in [4.69, 9.17) is 4.74 Å². The number of fused-ring (bicyclic) bond motifs is 3. The molecule has 2 N–H and O–H groups in total. The molecule has 2 aromatic carbocycles. The van der Waals surface area contributed by atoms with Gasteiger partial charge in [-0.3, -0.25) is 14.7 Å². The van der Waals surface area contributed by atoms with Gasteiger partial charge in [-0.05, 0) is 67.4 Å². The third-order valence-electron chi connectivity index (χ3n) is 6.57. The SMILES string of the molecule is COc1cc(NC(=O)[C@H](C)N2CCc3[nH]c4ccc(F)cc4c3C2)ccc1-c1ccnc(C)c1. The Kier molecular flexibility index (Phi) is 5.79. The first-order valence-corrected chi connectivity index (χ1v) is 11.4. The second-order valence-corrected chi connectivity index (χ2v) is 8.76. The maximum atomic E-state index is 13.8. The van der Waals surface area contributed by atoms with E-state index in [-0.39, 0.29) is 17.8 Å². The summed E-state index contributed by atoms with van der Waals surface area (Å²) < 4.78 is 19.4. The average Bonchev–Trinajstić information content (AvgIpc) is 3.20. The fraction of sp³-hybridized carbons (Fsp3) is 0.259. The van der Waals surface area contributed by atoms with Crippen LogP contribution >= 0.6 is 0 Å². The molecular formula is C27H27FN4O2. The van der Waals surface area contributed by atoms with Gasteiger partial charge in [0.15, 0.2) is 0 Å². The van der Waals surface area contributed by atoms with Gasteiger partial charge in [-0.2, -0.15) is 0 Å². The lowest BCUT2D eigenvalue weighted by atomic mass is 10.0. The van der Waals surface area contributed by atoms with Crippen LogP contribution in [0.15, 0.2) is 54.7 Å². The fourth-order valence-electron chi connectivity index (χ4n) is 4.67. The van der Waals surface area contributed by atoms with Crippen molar-refractivity contribution in [1.82, 2.24) is 14.9 Å². The zero-order valence-corrected chi connectivity index (χ0v) is 19.5. The van der Waals surface area contributed by atoms with Gasteiger partial charge in [0.1, 0.15) is 11.6 Å². The summed E-state index contributed by atoms with van der Waals surface area (Å²) >= 11 is 0. The molecule has 0 saturated carbocycles. The smallest absolute Gasteiger partial charge is 0.241 e. The number of methoxy groups -OCH3 is 1. The third kappa shape index (κ3) is 4.15. The van der Waals surface area contributed by atoms with Crippen molar-refractivity contribution >= 4 is 22.5 Å². The van der Waals surface area contributed by atoms with Crippen molar-refractivity contribution in [2.75, 3.05) is 19.0 Å². The number of hydrogen-bond acceptors (Lipinski definition) is 4. The van der Waals surface area contributed by atoms with Gasteiger partial charge in [0.25, 0.3) is 0 Å². The summed E-state index contributed by atoms with van der Waals surface area (Å²) in [5.74, 6) is 0.333. The first-order valence-electron chi connectivity index (χ1n) is 11.4. The van der Waals surface area contributed by atoms with E-state index >= 15 is 0 Å². The number of amides is 1. The molecule has 5 rings (SSSR count). The summed E-state index contributed by atoms with van der Waals surface area (Å²) in [7, 11) is 1.62. The monoisotopic (exact) mass is 458 g/mol. The molecule has 4 aromatic rings. The number of carbonyl (C=O) groups is 1. The molecule has 3 heterocycles. The topological polar surface area (TPSA) is 70.2 Å². The molecule has 1 aliphatic rings. The number of aromatic amines is 1. The van der Waals surface area contributed by atoms with E-state index in [9.17, 15) is 9.18 Å². The van der Waals surface area contributed by atoms with E-state index in [0.717, 1.165) is 51.9 Å². The summed E-state index contributed by atoms with van der Waals surface area (Å²) in [6.45, 7) is 5.20. The molecule has 0 aliphatic carbocycles. The van der Waals surface area contributed by atoms with Gasteiger partial charge in [-0.1, -0.05) is 0 Å². The fourth-order valence-corrected chi connectivity index (χ4v) is 4.67. The van der Waals surface area contributed by atoms with Crippen LogP contribution in [0.2, 0.25) is 0 Å². The van der Waals surface area contributed by atoms with E-state index in [2.05, 4.69) is 20.2 Å². The second kappa shape index (κ2) is 8.91. The van der Waals surface area contributed by atoms with Crippen molar-refractivity contribution in [3.8, 4) is 16.9 Å². The molecule has 174 valence electrons. The number of aryl methyl sites for hydroxylation is 1. The maximum Gasteiger partial charge on any atom is 0.241 e. The summed E-state index contributed by atoms with van der Waals surface area (Å²) in [5, 5.41) is 3.92. The lowest BCUT2D eigenvalue weighted by Crippen LogP contribution is -2.44. The number of H-pyrrole nitrogens is 1. The van der Waals surface area contributed by atoms with Crippen LogP contribution < -0.4 is 10.1 Å². The van der Waals surface area contributed by atoms with E-state index in [1.807, 2.05) is 44.2 Å². The Bertz CT molecular complexity index is 1380. The molecule has 1 aliphatic heterocycles. The van der Waals surface area contributed by atoms with Gasteiger partial charge >= 0.3 is 0 Å². The summed E-state index contributed by atoms with van der Waals surface area (Å²) in [6, 6.07) is 14.1. The number of aromatic nitrogens is 2. The van der Waals surface area contributed by atoms with E-state index in [1.54, 1.807) is 25.4 Å². The van der Waals surface area contributed by atoms with Crippen molar-refractivity contribution in [3.05, 3.63) is 77.5 Å². The first-order chi connectivity index (χ1) is 16.4. The molecule has 2 aromatic heterocycles. The van der Waals surface area contributed by atoms with Crippen LogP contribution in [0, 0.1) is 12.7 Å². The molecule has 0 spiro atoms. The Hall–Kier alpha value is -3.71. The van der Waals surface area contributed by atoms with Crippen molar-refractivity contribution in [2.45, 2.75) is 32.9 Å². The Balaban J connectivity index is 1.33. The average molecular weight is 459 g/mol. The Morgan fingerprint density at radius 3 is 2.85 bits per heavy atom. The number of hydrogen-bond donors (Lipinski definition) is 2. The Morgan fingerprint density at radius 1 is 1.21 bits per heavy atom. The van der Waals surface area contributed by atoms with Gasteiger partial charge in [-0.15, -0.1) is 0 Å². The number of nitrogens with one attached hydrogen (secondary N) is 2. The maximum absolute atomic E-state index is 13.8. The minimum atomic E-state index is -0.347. The van der Waals surface area contributed by atoms with Crippen molar-refractivity contribution in [3.63, 3.8) is 0 Å². The molecule has 0 fully saturated rings. The second-order valence-electron chi connectivity index (χ2n) is 8.76. The molecule has 0 saturated heterocycles. The number of carbonyl (C=O) groups excluding carboxylic acids is 1. The van der Waals surface area contributed by atoms with Gasteiger partial charge in [0, 0.05) is 65.3 Å². The van der Waals surface area contributed by atoms with E-state index in [1.165, 1.54) is 6.07 Å². The molecular weight excluding hydrogens is 431 g/mol. The molecule has 0 unspecified atom stereocenters. The summed E-state index contributed by atoms with van der Waals surface area (Å²) in [4.78, 5) is 22.9. The van der Waals surface area contributed by atoms with Crippen molar-refractivity contribution < 1.29 is 13.9 Å². The largest absolute Gasteiger partial charge is 0.496 e. The molecule has 34 heavy (non-hydrogen) atoms. The van der Waals surface area contributed by atoms with Crippen LogP contribution in [0.25, 0.3) is 22.0 Å². The minimum absolute atomic E-state index is 0.0935. The number of halogens is 1. The van der Waals surface area contributed by atoms with Gasteiger partial charge < -0.3 is 15.0 Å². The molecule has 1 atom stereocenters. The lowest BCUT2D eigenvalue weighted by molar-refractivity contribution is -0.121. The summed E-state index contributed by atoms with van der Waals surface area (Å²) in [6.07, 6.45) is 2.56. The number of nitrogens with zero attached hydrogens (tertiary/aromatic N) is 2. The molecule has 1 amide bonds. The predicted molar refractivity (Wildman–Crippen MR) is 131 cm³/mol. The third-order valence-corrected chi connectivity index (χ3v) is 6.57. The lowest BCUT2D eigenvalue weighted by Gasteiger charge is -2.31. The zero-order chi connectivity index (χ0) is 23.8. The van der Waals surface area contributed by atoms with E-state index in [0.29, 0.717) is 18.0 Å². The quantitative estimate of drug-likeness (QED) is 0.438. The highest BCUT2D eigenvalue weighted by Gasteiger charge is 2.28. The number of ether oxygens (including phenoxy) is 1. The van der Waals surface area contributed by atoms with Crippen LogP contribution in [0.1, 0.15) is 23.9 Å². The number of pyridine rings is 1. The number of anilines is 1. The van der Waals surface area contributed by atoms with Crippen LogP contribution in [0.4, 0.5) is 10.1 Å². The molecule has 0 radical (unpaired) electrons. The number of benzene rings is 2. The summed E-state index contributed by atoms with van der Waals surface area (Å²) in [5.41, 5.74) is 6.67. The van der Waals surface area contributed by atoms with Crippen LogP contribution in [-0.4, -0.2) is 40.5 Å². The van der Waals surface area contributed by atoms with Crippen molar-refractivity contribution in [1.29, 1.82) is 0 Å². The van der Waals surface area contributed by atoms with Gasteiger partial charge in [0.2, 0.25) is 5.91 Å². The Labute approximate surface area is 197 Å². The van der Waals surface area contributed by atoms with Crippen LogP contribution in [-0.2, 0) is 17.8 Å². The highest BCUT2D eigenvalue weighted by atomic mass is 19.1.